The minimum atomic E-state index is -0.607. The van der Waals surface area contributed by atoms with E-state index in [1.807, 2.05) is 0 Å². The van der Waals surface area contributed by atoms with Gasteiger partial charge in [-0.05, 0) is 25.0 Å². The molecular formula is C13H18FN3O. The molecule has 1 aliphatic rings. The van der Waals surface area contributed by atoms with Crippen LogP contribution in [0.3, 0.4) is 0 Å². The maximum absolute atomic E-state index is 13.7. The molecule has 0 bridgehead atoms. The second-order valence-corrected chi connectivity index (χ2v) is 4.55. The number of halogens is 1. The highest BCUT2D eigenvalue weighted by atomic mass is 19.1. The van der Waals surface area contributed by atoms with E-state index in [-0.39, 0.29) is 5.56 Å². The van der Waals surface area contributed by atoms with Crippen molar-refractivity contribution in [1.29, 1.82) is 0 Å². The maximum atomic E-state index is 13.7. The van der Waals surface area contributed by atoms with Gasteiger partial charge >= 0.3 is 0 Å². The van der Waals surface area contributed by atoms with Crippen LogP contribution in [0.4, 0.5) is 4.39 Å². The van der Waals surface area contributed by atoms with Gasteiger partial charge in [0.15, 0.2) is 0 Å². The summed E-state index contributed by atoms with van der Waals surface area (Å²) in [6.07, 6.45) is 3.62. The van der Waals surface area contributed by atoms with Crippen molar-refractivity contribution in [3.05, 3.63) is 35.1 Å². The van der Waals surface area contributed by atoms with Crippen molar-refractivity contribution in [2.45, 2.75) is 25.8 Å². The predicted molar refractivity (Wildman–Crippen MR) is 67.2 cm³/mol. The fourth-order valence-corrected chi connectivity index (χ4v) is 2.09. The number of nitrogens with two attached hydrogens (primary N) is 1. The molecule has 1 fully saturated rings. The Morgan fingerprint density at radius 1 is 1.33 bits per heavy atom. The van der Waals surface area contributed by atoms with Crippen LogP contribution in [0.5, 0.6) is 0 Å². The molecule has 0 radical (unpaired) electrons. The number of hydrogen-bond donors (Lipinski definition) is 2. The number of carbonyl (C=O) groups is 1. The Kier molecular flexibility index (Phi) is 4.28. The number of nitrogens with zero attached hydrogens (tertiary/aromatic N) is 1. The van der Waals surface area contributed by atoms with Gasteiger partial charge in [-0.15, -0.1) is 0 Å². The van der Waals surface area contributed by atoms with E-state index in [1.54, 1.807) is 12.1 Å². The summed E-state index contributed by atoms with van der Waals surface area (Å²) in [4.78, 5) is 10.9. The van der Waals surface area contributed by atoms with E-state index in [1.165, 1.54) is 25.3 Å². The summed E-state index contributed by atoms with van der Waals surface area (Å²) in [6, 6.07) is 4.35. The standard InChI is InChI=1S/C13H18FN3O/c14-12-8-10(13(15)18)4-5-11(12)9-16-17-6-2-1-3-7-17/h4-5,8,16H,1-3,6-7,9H2,(H2,15,18). The number of primary amides is 1. The van der Waals surface area contributed by atoms with Crippen LogP contribution in [0.1, 0.15) is 35.2 Å². The summed E-state index contributed by atoms with van der Waals surface area (Å²) in [5, 5.41) is 2.12. The third-order valence-corrected chi connectivity index (χ3v) is 3.19. The minimum Gasteiger partial charge on any atom is -0.366 e. The molecule has 0 saturated carbocycles. The molecule has 0 atom stereocenters. The van der Waals surface area contributed by atoms with Crippen molar-refractivity contribution in [2.24, 2.45) is 5.73 Å². The second-order valence-electron chi connectivity index (χ2n) is 4.55. The summed E-state index contributed by atoms with van der Waals surface area (Å²) < 4.78 is 13.7. The largest absolute Gasteiger partial charge is 0.366 e. The van der Waals surface area contributed by atoms with Gasteiger partial charge in [-0.2, -0.15) is 0 Å². The van der Waals surface area contributed by atoms with E-state index >= 15 is 0 Å². The summed E-state index contributed by atoms with van der Waals surface area (Å²) >= 11 is 0. The van der Waals surface area contributed by atoms with Crippen LogP contribution in [0, 0.1) is 5.82 Å². The van der Waals surface area contributed by atoms with Gasteiger partial charge in [0.05, 0.1) is 0 Å². The van der Waals surface area contributed by atoms with Crippen LogP contribution < -0.4 is 11.2 Å². The molecule has 0 spiro atoms. The molecule has 5 heteroatoms. The molecule has 98 valence electrons. The van der Waals surface area contributed by atoms with Crippen molar-refractivity contribution in [3.63, 3.8) is 0 Å². The van der Waals surface area contributed by atoms with Crippen molar-refractivity contribution in [2.75, 3.05) is 13.1 Å². The summed E-state index contributed by atoms with van der Waals surface area (Å²) in [5.74, 6) is -1.000. The van der Waals surface area contributed by atoms with Crippen LogP contribution >= 0.6 is 0 Å². The lowest BCUT2D eigenvalue weighted by Gasteiger charge is -2.27. The average Bonchev–Trinajstić information content (AvgIpc) is 2.38. The molecule has 0 aliphatic carbocycles. The van der Waals surface area contributed by atoms with Gasteiger partial charge < -0.3 is 5.73 Å². The third-order valence-electron chi connectivity index (χ3n) is 3.19. The molecule has 0 aromatic heterocycles. The highest BCUT2D eigenvalue weighted by Gasteiger charge is 2.11. The van der Waals surface area contributed by atoms with Crippen LogP contribution in [-0.2, 0) is 6.54 Å². The summed E-state index contributed by atoms with van der Waals surface area (Å²) in [6.45, 7) is 2.44. The highest BCUT2D eigenvalue weighted by molar-refractivity contribution is 5.92. The molecule has 2 rings (SSSR count). The average molecular weight is 251 g/mol. The Balaban J connectivity index is 1.94. The summed E-state index contributed by atoms with van der Waals surface area (Å²) in [7, 11) is 0. The SMILES string of the molecule is NC(=O)c1ccc(CNN2CCCCC2)c(F)c1. The number of carbonyl (C=O) groups excluding carboxylic acids is 1. The van der Waals surface area contributed by atoms with Gasteiger partial charge in [-0.1, -0.05) is 12.5 Å². The quantitative estimate of drug-likeness (QED) is 0.850. The maximum Gasteiger partial charge on any atom is 0.248 e. The number of nitrogens with one attached hydrogen (secondary N) is 1. The summed E-state index contributed by atoms with van der Waals surface area (Å²) in [5.41, 5.74) is 9.05. The van der Waals surface area contributed by atoms with Gasteiger partial charge in [-0.25, -0.2) is 9.40 Å². The molecule has 1 aromatic rings. The van der Waals surface area contributed by atoms with E-state index in [9.17, 15) is 9.18 Å². The van der Waals surface area contributed by atoms with Crippen molar-refractivity contribution in [1.82, 2.24) is 10.4 Å². The lowest BCUT2D eigenvalue weighted by molar-refractivity contribution is 0.1000. The Hall–Kier alpha value is -1.46. The van der Waals surface area contributed by atoms with E-state index < -0.39 is 11.7 Å². The molecule has 18 heavy (non-hydrogen) atoms. The third kappa shape index (κ3) is 3.27. The zero-order valence-electron chi connectivity index (χ0n) is 10.3. The molecule has 1 saturated heterocycles. The number of benzene rings is 1. The van der Waals surface area contributed by atoms with E-state index in [0.717, 1.165) is 13.1 Å². The van der Waals surface area contributed by atoms with Crippen LogP contribution in [-0.4, -0.2) is 24.0 Å². The Bertz CT molecular complexity index is 430. The van der Waals surface area contributed by atoms with Gasteiger partial charge in [0.2, 0.25) is 5.91 Å². The van der Waals surface area contributed by atoms with Gasteiger partial charge in [-0.3, -0.25) is 10.2 Å². The van der Waals surface area contributed by atoms with E-state index in [4.69, 9.17) is 5.73 Å². The zero-order chi connectivity index (χ0) is 13.0. The first-order chi connectivity index (χ1) is 8.66. The smallest absolute Gasteiger partial charge is 0.248 e. The lowest BCUT2D eigenvalue weighted by atomic mass is 10.1. The zero-order valence-corrected chi connectivity index (χ0v) is 10.3. The number of rotatable bonds is 4. The highest BCUT2D eigenvalue weighted by Crippen LogP contribution is 2.11. The molecule has 3 N–H and O–H groups in total. The molecule has 1 aromatic carbocycles. The van der Waals surface area contributed by atoms with Crippen LogP contribution in [0.2, 0.25) is 0 Å². The number of hydrogen-bond acceptors (Lipinski definition) is 3. The second kappa shape index (κ2) is 5.93. The Morgan fingerprint density at radius 2 is 2.06 bits per heavy atom. The van der Waals surface area contributed by atoms with Crippen molar-refractivity contribution in [3.8, 4) is 0 Å². The normalized spacial score (nSPS) is 16.7. The number of amides is 1. The van der Waals surface area contributed by atoms with Crippen LogP contribution in [0.15, 0.2) is 18.2 Å². The minimum absolute atomic E-state index is 0.203. The van der Waals surface area contributed by atoms with Crippen molar-refractivity contribution >= 4 is 5.91 Å². The van der Waals surface area contributed by atoms with Gasteiger partial charge in [0.1, 0.15) is 5.82 Å². The fourth-order valence-electron chi connectivity index (χ4n) is 2.09. The monoisotopic (exact) mass is 251 g/mol. The van der Waals surface area contributed by atoms with E-state index in [0.29, 0.717) is 12.1 Å². The van der Waals surface area contributed by atoms with E-state index in [2.05, 4.69) is 10.4 Å². The van der Waals surface area contributed by atoms with Crippen LogP contribution in [0.25, 0.3) is 0 Å². The van der Waals surface area contributed by atoms with Gasteiger partial charge in [0, 0.05) is 30.8 Å². The Morgan fingerprint density at radius 3 is 2.67 bits per heavy atom. The Labute approximate surface area is 106 Å². The molecule has 4 nitrogen and oxygen atoms in total. The number of piperidine rings is 1. The van der Waals surface area contributed by atoms with Crippen molar-refractivity contribution < 1.29 is 9.18 Å². The topological polar surface area (TPSA) is 58.4 Å². The predicted octanol–water partition coefficient (Wildman–Crippen LogP) is 1.42. The first kappa shape index (κ1) is 13.0. The molecular weight excluding hydrogens is 233 g/mol. The van der Waals surface area contributed by atoms with Gasteiger partial charge in [0.25, 0.3) is 0 Å². The molecule has 0 unspecified atom stereocenters. The molecule has 1 heterocycles. The fraction of sp³-hybridized carbons (Fsp3) is 0.462. The number of hydrazine groups is 1. The first-order valence-corrected chi connectivity index (χ1v) is 6.23. The molecule has 1 amide bonds. The first-order valence-electron chi connectivity index (χ1n) is 6.23. The molecule has 1 aliphatic heterocycles. The lowest BCUT2D eigenvalue weighted by Crippen LogP contribution is -2.41.